The van der Waals surface area contributed by atoms with Gasteiger partial charge < -0.3 is 14.7 Å². The molecule has 154 valence electrons. The van der Waals surface area contributed by atoms with E-state index >= 15 is 0 Å². The highest BCUT2D eigenvalue weighted by Crippen LogP contribution is 2.25. The van der Waals surface area contributed by atoms with E-state index in [1.54, 1.807) is 12.4 Å². The molecule has 4 heterocycles. The largest absolute Gasteiger partial charge is 0.354 e. The van der Waals surface area contributed by atoms with Crippen molar-refractivity contribution in [3.05, 3.63) is 36.7 Å². The lowest BCUT2D eigenvalue weighted by atomic mass is 9.94. The van der Waals surface area contributed by atoms with Crippen LogP contribution in [0, 0.1) is 5.92 Å². The number of amides is 1. The maximum absolute atomic E-state index is 13.1. The number of carbonyl (C=O) groups excluding carboxylic acids is 1. The molecule has 4 rings (SSSR count). The van der Waals surface area contributed by atoms with Gasteiger partial charge in [-0.3, -0.25) is 9.78 Å². The maximum Gasteiger partial charge on any atom is 0.227 e. The van der Waals surface area contributed by atoms with Gasteiger partial charge in [0.25, 0.3) is 0 Å². The Hall–Kier alpha value is -2.54. The molecule has 0 radical (unpaired) electrons. The van der Waals surface area contributed by atoms with Crippen LogP contribution in [0.3, 0.4) is 0 Å². The summed E-state index contributed by atoms with van der Waals surface area (Å²) in [4.78, 5) is 23.8. The Morgan fingerprint density at radius 3 is 2.62 bits per heavy atom. The molecule has 2 aliphatic rings. The summed E-state index contributed by atoms with van der Waals surface area (Å²) in [6.45, 7) is 3.77. The fraction of sp³-hybridized carbons (Fsp3) is 0.545. The predicted octanol–water partition coefficient (Wildman–Crippen LogP) is 2.31. The highest BCUT2D eigenvalue weighted by molar-refractivity contribution is 5.80. The van der Waals surface area contributed by atoms with Crippen molar-refractivity contribution in [3.63, 3.8) is 0 Å². The average molecular weight is 395 g/mol. The highest BCUT2D eigenvalue weighted by atomic mass is 16.2. The van der Waals surface area contributed by atoms with E-state index in [0.717, 1.165) is 68.9 Å². The molecule has 2 aromatic rings. The fourth-order valence-electron chi connectivity index (χ4n) is 4.40. The van der Waals surface area contributed by atoms with E-state index in [-0.39, 0.29) is 11.8 Å². The van der Waals surface area contributed by atoms with Gasteiger partial charge in [-0.1, -0.05) is 0 Å². The van der Waals surface area contributed by atoms with Crippen LogP contribution in [-0.4, -0.2) is 77.2 Å². The van der Waals surface area contributed by atoms with Gasteiger partial charge in [0, 0.05) is 44.1 Å². The number of carbonyl (C=O) groups is 1. The van der Waals surface area contributed by atoms with Crippen LogP contribution in [0.4, 0.5) is 5.82 Å². The number of nitrogens with zero attached hydrogens (tertiary/aromatic N) is 6. The zero-order valence-corrected chi connectivity index (χ0v) is 17.4. The Morgan fingerprint density at radius 1 is 1.10 bits per heavy atom. The number of pyridine rings is 1. The predicted molar refractivity (Wildman–Crippen MR) is 113 cm³/mol. The zero-order chi connectivity index (χ0) is 20.2. The van der Waals surface area contributed by atoms with Crippen molar-refractivity contribution in [3.8, 4) is 11.3 Å². The minimum atomic E-state index is 0.0354. The molecule has 7 heteroatoms. The molecule has 0 spiro atoms. The Morgan fingerprint density at radius 2 is 1.93 bits per heavy atom. The molecule has 2 aromatic heterocycles. The van der Waals surface area contributed by atoms with Crippen molar-refractivity contribution >= 4 is 11.7 Å². The minimum absolute atomic E-state index is 0.0354. The van der Waals surface area contributed by atoms with Crippen molar-refractivity contribution < 1.29 is 4.79 Å². The molecular weight excluding hydrogens is 364 g/mol. The number of hydrogen-bond donors (Lipinski definition) is 0. The summed E-state index contributed by atoms with van der Waals surface area (Å²) in [6, 6.07) is 8.23. The molecule has 1 atom stereocenters. The molecule has 2 fully saturated rings. The molecule has 2 aliphatic heterocycles. The van der Waals surface area contributed by atoms with E-state index in [2.05, 4.69) is 32.0 Å². The summed E-state index contributed by atoms with van der Waals surface area (Å²) in [5.74, 6) is 1.16. The average Bonchev–Trinajstić information content (AvgIpc) is 2.79. The van der Waals surface area contributed by atoms with Gasteiger partial charge in [-0.15, -0.1) is 10.2 Å². The first-order valence-electron chi connectivity index (χ1n) is 10.6. The van der Waals surface area contributed by atoms with Crippen LogP contribution < -0.4 is 4.90 Å². The van der Waals surface area contributed by atoms with Gasteiger partial charge in [0.05, 0.1) is 11.6 Å². The van der Waals surface area contributed by atoms with Gasteiger partial charge in [0.2, 0.25) is 5.91 Å². The topological polar surface area (TPSA) is 65.5 Å². The summed E-state index contributed by atoms with van der Waals surface area (Å²) in [5.41, 5.74) is 1.77. The lowest BCUT2D eigenvalue weighted by Gasteiger charge is -2.39. The monoisotopic (exact) mass is 394 g/mol. The lowest BCUT2D eigenvalue weighted by molar-refractivity contribution is -0.137. The summed E-state index contributed by atoms with van der Waals surface area (Å²) in [6.07, 6.45) is 7.63. The molecule has 1 unspecified atom stereocenters. The van der Waals surface area contributed by atoms with Crippen LogP contribution >= 0.6 is 0 Å². The molecule has 2 saturated heterocycles. The summed E-state index contributed by atoms with van der Waals surface area (Å²) in [7, 11) is 4.14. The van der Waals surface area contributed by atoms with Crippen LogP contribution in [0.25, 0.3) is 11.3 Å². The number of likely N-dealkylation sites (tertiary alicyclic amines) is 1. The molecule has 0 bridgehead atoms. The van der Waals surface area contributed by atoms with Gasteiger partial charge in [-0.25, -0.2) is 0 Å². The molecule has 0 aromatic carbocycles. The molecule has 7 nitrogen and oxygen atoms in total. The zero-order valence-electron chi connectivity index (χ0n) is 17.4. The molecule has 0 aliphatic carbocycles. The Balaban J connectivity index is 1.39. The van der Waals surface area contributed by atoms with Crippen molar-refractivity contribution in [1.29, 1.82) is 0 Å². The first kappa shape index (κ1) is 19.8. The number of anilines is 1. The Labute approximate surface area is 172 Å². The van der Waals surface area contributed by atoms with Crippen molar-refractivity contribution in [2.24, 2.45) is 5.92 Å². The third kappa shape index (κ3) is 4.56. The molecular formula is C22H30N6O. The highest BCUT2D eigenvalue weighted by Gasteiger charge is 2.32. The number of aromatic nitrogens is 3. The molecule has 29 heavy (non-hydrogen) atoms. The lowest BCUT2D eigenvalue weighted by Crippen LogP contribution is -2.49. The normalized spacial score (nSPS) is 21.2. The van der Waals surface area contributed by atoms with Gasteiger partial charge in [-0.05, 0) is 70.1 Å². The molecule has 0 saturated carbocycles. The number of hydrogen-bond acceptors (Lipinski definition) is 6. The Kier molecular flexibility index (Phi) is 6.04. The second-order valence-corrected chi connectivity index (χ2v) is 8.29. The van der Waals surface area contributed by atoms with Gasteiger partial charge in [0.15, 0.2) is 5.82 Å². The van der Waals surface area contributed by atoms with Crippen LogP contribution in [0.5, 0.6) is 0 Å². The van der Waals surface area contributed by atoms with Crippen LogP contribution in [0.2, 0.25) is 0 Å². The van der Waals surface area contributed by atoms with Gasteiger partial charge in [-0.2, -0.15) is 0 Å². The first-order valence-corrected chi connectivity index (χ1v) is 10.6. The van der Waals surface area contributed by atoms with Crippen molar-refractivity contribution in [1.82, 2.24) is 25.0 Å². The first-order chi connectivity index (χ1) is 14.1. The van der Waals surface area contributed by atoms with Gasteiger partial charge in [0.1, 0.15) is 0 Å². The van der Waals surface area contributed by atoms with Crippen molar-refractivity contribution in [2.45, 2.75) is 31.7 Å². The second-order valence-electron chi connectivity index (χ2n) is 8.29. The van der Waals surface area contributed by atoms with Crippen LogP contribution in [0.15, 0.2) is 36.7 Å². The maximum atomic E-state index is 13.1. The molecule has 0 N–H and O–H groups in total. The van der Waals surface area contributed by atoms with Crippen molar-refractivity contribution in [2.75, 3.05) is 45.2 Å². The van der Waals surface area contributed by atoms with E-state index in [9.17, 15) is 4.79 Å². The van der Waals surface area contributed by atoms with Gasteiger partial charge >= 0.3 is 0 Å². The third-order valence-corrected chi connectivity index (χ3v) is 6.29. The Bertz CT molecular complexity index is 804. The minimum Gasteiger partial charge on any atom is -0.354 e. The number of rotatable bonds is 4. The standard InChI is InChI=1S/C22H30N6O/c1-26-13-9-19(10-14-26)27(2)22(29)18-6-4-12-28(16-18)21-8-7-20(24-25-21)17-5-3-11-23-15-17/h3,5,7-8,11,15,18-19H,4,6,9-10,12-14,16H2,1-2H3. The number of piperidine rings is 2. The SMILES string of the molecule is CN1CCC(N(C)C(=O)C2CCCN(c3ccc(-c4cccnc4)nn3)C2)CC1. The van der Waals surface area contributed by atoms with E-state index < -0.39 is 0 Å². The second kappa shape index (κ2) is 8.86. The summed E-state index contributed by atoms with van der Waals surface area (Å²) >= 11 is 0. The smallest absolute Gasteiger partial charge is 0.227 e. The van der Waals surface area contributed by atoms with E-state index in [1.807, 2.05) is 36.2 Å². The van der Waals surface area contributed by atoms with Crippen LogP contribution in [0.1, 0.15) is 25.7 Å². The summed E-state index contributed by atoms with van der Waals surface area (Å²) < 4.78 is 0. The van der Waals surface area contributed by atoms with Crippen LogP contribution in [-0.2, 0) is 4.79 Å². The van der Waals surface area contributed by atoms with E-state index in [0.29, 0.717) is 6.04 Å². The quantitative estimate of drug-likeness (QED) is 0.793. The van der Waals surface area contributed by atoms with E-state index in [1.165, 1.54) is 0 Å². The molecule has 1 amide bonds. The fourth-order valence-corrected chi connectivity index (χ4v) is 4.40. The third-order valence-electron chi connectivity index (χ3n) is 6.29. The summed E-state index contributed by atoms with van der Waals surface area (Å²) in [5, 5.41) is 8.81. The van der Waals surface area contributed by atoms with E-state index in [4.69, 9.17) is 0 Å².